The van der Waals surface area contributed by atoms with Crippen LogP contribution in [0.15, 0.2) is 33.0 Å². The van der Waals surface area contributed by atoms with E-state index in [2.05, 4.69) is 4.99 Å². The molecule has 0 aliphatic carbocycles. The first-order valence-electron chi connectivity index (χ1n) is 5.21. The molecular weight excluding hydrogens is 254 g/mol. The van der Waals surface area contributed by atoms with Crippen molar-refractivity contribution in [3.05, 3.63) is 28.0 Å². The Balaban J connectivity index is 3.81. The van der Waals surface area contributed by atoms with E-state index >= 15 is 0 Å². The summed E-state index contributed by atoms with van der Waals surface area (Å²) < 4.78 is 0. The summed E-state index contributed by atoms with van der Waals surface area (Å²) in [5.74, 6) is 2.06. The van der Waals surface area contributed by atoms with Crippen LogP contribution in [0.2, 0.25) is 0 Å². The van der Waals surface area contributed by atoms with Gasteiger partial charge >= 0.3 is 0 Å². The lowest BCUT2D eigenvalue weighted by molar-refractivity contribution is 0.625. The minimum absolute atomic E-state index is 0.0301. The second-order valence-corrected chi connectivity index (χ2v) is 3.75. The van der Waals surface area contributed by atoms with E-state index in [0.717, 1.165) is 0 Å². The summed E-state index contributed by atoms with van der Waals surface area (Å²) in [4.78, 5) is 5.59. The van der Waals surface area contributed by atoms with E-state index in [9.17, 15) is 0 Å². The lowest BCUT2D eigenvalue weighted by atomic mass is 10.0. The second-order valence-electron chi connectivity index (χ2n) is 3.75. The molecule has 0 atom stereocenters. The molecule has 1 aliphatic heterocycles. The minimum Gasteiger partial charge on any atom is -0.362 e. The molecule has 20 heavy (non-hydrogen) atoms. The quantitative estimate of drug-likeness (QED) is 0.549. The van der Waals surface area contributed by atoms with Gasteiger partial charge in [-0.25, -0.2) is 4.99 Å². The Labute approximate surface area is 115 Å². The van der Waals surface area contributed by atoms with Crippen molar-refractivity contribution in [2.45, 2.75) is 0 Å². The molecule has 0 aromatic rings. The average Bonchev–Trinajstić information content (AvgIpc) is 2.82. The number of amidine groups is 1. The summed E-state index contributed by atoms with van der Waals surface area (Å²) in [6.07, 6.45) is 0. The van der Waals surface area contributed by atoms with Crippen molar-refractivity contribution in [2.24, 2.45) is 4.99 Å². The van der Waals surface area contributed by atoms with Gasteiger partial charge in [-0.15, -0.1) is 0 Å². The van der Waals surface area contributed by atoms with Gasteiger partial charge in [0.1, 0.15) is 58.1 Å². The smallest absolute Gasteiger partial charge is 0.148 e. The van der Waals surface area contributed by atoms with Gasteiger partial charge in [-0.1, -0.05) is 0 Å². The summed E-state index contributed by atoms with van der Waals surface area (Å²) in [7, 11) is 3.27. The molecule has 7 nitrogen and oxygen atoms in total. The maximum absolute atomic E-state index is 9.16. The number of rotatable bonds is 1. The van der Waals surface area contributed by atoms with E-state index in [1.54, 1.807) is 26.2 Å². The van der Waals surface area contributed by atoms with Crippen molar-refractivity contribution in [1.82, 2.24) is 4.90 Å². The van der Waals surface area contributed by atoms with Crippen LogP contribution in [-0.2, 0) is 0 Å². The molecule has 0 amide bonds. The highest BCUT2D eigenvalue weighted by Gasteiger charge is 2.29. The predicted octanol–water partition coefficient (Wildman–Crippen LogP) is 0.780. The van der Waals surface area contributed by atoms with Gasteiger partial charge in [-0.2, -0.15) is 21.0 Å². The number of nitrogens with zero attached hydrogens (tertiary/aromatic N) is 6. The van der Waals surface area contributed by atoms with Crippen molar-refractivity contribution in [1.29, 1.82) is 26.5 Å². The Bertz CT molecular complexity index is 773. The summed E-state index contributed by atoms with van der Waals surface area (Å²) in [5, 5.41) is 43.2. The number of nitrogens with one attached hydrogen (secondary N) is 1. The molecule has 0 radical (unpaired) electrons. The molecule has 0 unspecified atom stereocenters. The molecule has 94 valence electrons. The third kappa shape index (κ3) is 2.17. The van der Waals surface area contributed by atoms with Crippen LogP contribution in [0.5, 0.6) is 0 Å². The van der Waals surface area contributed by atoms with Crippen LogP contribution in [-0.4, -0.2) is 30.7 Å². The Kier molecular flexibility index (Phi) is 4.19. The number of hydrogen-bond donors (Lipinski definition) is 1. The average molecular weight is 261 g/mol. The van der Waals surface area contributed by atoms with Crippen molar-refractivity contribution in [3.63, 3.8) is 0 Å². The first kappa shape index (κ1) is 14.4. The zero-order chi connectivity index (χ0) is 15.3. The number of hydrogen-bond acceptors (Lipinski definition) is 7. The lowest BCUT2D eigenvalue weighted by Crippen LogP contribution is -2.21. The van der Waals surface area contributed by atoms with E-state index in [-0.39, 0.29) is 33.8 Å². The third-order valence-electron chi connectivity index (χ3n) is 2.41. The Hall–Kier alpha value is -3.64. The van der Waals surface area contributed by atoms with Gasteiger partial charge in [0, 0.05) is 14.1 Å². The molecule has 0 saturated heterocycles. The molecule has 0 aromatic heterocycles. The number of likely N-dealkylation sites (N-methyl/N-ethyl adjacent to an activating group) is 1. The maximum Gasteiger partial charge on any atom is 0.148 e. The van der Waals surface area contributed by atoms with E-state index in [1.165, 1.54) is 4.90 Å². The number of aliphatic imine (C=N–C) groups is 1. The fourth-order valence-corrected chi connectivity index (χ4v) is 1.54. The van der Waals surface area contributed by atoms with E-state index in [0.29, 0.717) is 0 Å². The molecular formula is C13H7N7. The molecule has 0 spiro atoms. The predicted molar refractivity (Wildman–Crippen MR) is 68.9 cm³/mol. The largest absolute Gasteiger partial charge is 0.362 e. The van der Waals surface area contributed by atoms with Gasteiger partial charge in [0.05, 0.1) is 0 Å². The normalized spacial score (nSPS) is 15.0. The monoisotopic (exact) mass is 261 g/mol. The zero-order valence-electron chi connectivity index (χ0n) is 10.7. The van der Waals surface area contributed by atoms with Crippen molar-refractivity contribution < 1.29 is 0 Å². The van der Waals surface area contributed by atoms with Crippen molar-refractivity contribution in [3.8, 4) is 24.3 Å². The maximum atomic E-state index is 9.16. The first-order chi connectivity index (χ1) is 9.55. The molecule has 0 aromatic carbocycles. The summed E-state index contributed by atoms with van der Waals surface area (Å²) in [5.41, 5.74) is -0.718. The van der Waals surface area contributed by atoms with Gasteiger partial charge in [0.25, 0.3) is 0 Å². The fraction of sp³-hybridized carbons (Fsp3) is 0.154. The Morgan fingerprint density at radius 2 is 1.65 bits per heavy atom. The number of nitriles is 4. The zero-order valence-corrected chi connectivity index (χ0v) is 10.7. The Morgan fingerprint density at radius 1 is 1.05 bits per heavy atom. The SMILES string of the molecule is CN(C)C1=N/C(=C(/C#N)C(=C=N)C#N)C(C#N)=C1C#N. The van der Waals surface area contributed by atoms with Gasteiger partial charge < -0.3 is 4.90 Å². The number of allylic oxidation sites excluding steroid dienone is 3. The fourth-order valence-electron chi connectivity index (χ4n) is 1.54. The van der Waals surface area contributed by atoms with Gasteiger partial charge in [-0.3, -0.25) is 5.41 Å². The molecule has 1 heterocycles. The summed E-state index contributed by atoms with van der Waals surface area (Å²) in [6, 6.07) is 7.05. The van der Waals surface area contributed by atoms with E-state index in [4.69, 9.17) is 26.5 Å². The van der Waals surface area contributed by atoms with Crippen LogP contribution in [0.3, 0.4) is 0 Å². The van der Waals surface area contributed by atoms with Crippen LogP contribution >= 0.6 is 0 Å². The molecule has 7 heteroatoms. The van der Waals surface area contributed by atoms with E-state index in [1.807, 2.05) is 18.0 Å². The van der Waals surface area contributed by atoms with Crippen LogP contribution in [0, 0.1) is 50.7 Å². The van der Waals surface area contributed by atoms with Crippen molar-refractivity contribution >= 4 is 11.7 Å². The third-order valence-corrected chi connectivity index (χ3v) is 2.41. The van der Waals surface area contributed by atoms with Gasteiger partial charge in [0.15, 0.2) is 0 Å². The van der Waals surface area contributed by atoms with Gasteiger partial charge in [-0.05, 0) is 5.87 Å². The first-order valence-corrected chi connectivity index (χ1v) is 5.21. The summed E-state index contributed by atoms with van der Waals surface area (Å²) in [6.45, 7) is 0. The molecule has 1 N–H and O–H groups in total. The van der Waals surface area contributed by atoms with Crippen LogP contribution in [0.4, 0.5) is 0 Å². The van der Waals surface area contributed by atoms with Crippen molar-refractivity contribution in [2.75, 3.05) is 14.1 Å². The molecule has 1 rings (SSSR count). The highest BCUT2D eigenvalue weighted by molar-refractivity contribution is 6.07. The van der Waals surface area contributed by atoms with Crippen LogP contribution < -0.4 is 0 Å². The van der Waals surface area contributed by atoms with Crippen LogP contribution in [0.1, 0.15) is 0 Å². The molecule has 0 fully saturated rings. The topological polar surface area (TPSA) is 135 Å². The standard InChI is InChI=1S/C13H7N7/c1-20(2)13-11(7-18)10(6-17)12(19-13)9(5-16)8(3-14)4-15/h14H,1-2H3/b12-9-. The molecule has 0 bridgehead atoms. The minimum atomic E-state index is -0.337. The van der Waals surface area contributed by atoms with Crippen LogP contribution in [0.25, 0.3) is 0 Å². The van der Waals surface area contributed by atoms with Gasteiger partial charge in [0.2, 0.25) is 0 Å². The molecule has 1 aliphatic rings. The Morgan fingerprint density at radius 3 is 2.00 bits per heavy atom. The lowest BCUT2D eigenvalue weighted by Gasteiger charge is -2.10. The highest BCUT2D eigenvalue weighted by atomic mass is 15.1. The summed E-state index contributed by atoms with van der Waals surface area (Å²) >= 11 is 0. The van der Waals surface area contributed by atoms with E-state index < -0.39 is 0 Å². The molecule has 0 saturated carbocycles. The highest BCUT2D eigenvalue weighted by Crippen LogP contribution is 2.29. The second kappa shape index (κ2) is 5.80.